The minimum atomic E-state index is -4.41. The highest BCUT2D eigenvalue weighted by atomic mass is 28.5. The van der Waals surface area contributed by atoms with Crippen molar-refractivity contribution in [2.45, 2.75) is 76.6 Å². The normalized spacial score (nSPS) is 32.8. The summed E-state index contributed by atoms with van der Waals surface area (Å²) in [5.41, 5.74) is 0. The van der Waals surface area contributed by atoms with E-state index in [0.717, 1.165) is 0 Å². The van der Waals surface area contributed by atoms with Crippen molar-refractivity contribution in [1.29, 1.82) is 0 Å². The van der Waals surface area contributed by atoms with Gasteiger partial charge in [0.2, 0.25) is 0 Å². The van der Waals surface area contributed by atoms with Crippen LogP contribution in [0.4, 0.5) is 26.3 Å². The van der Waals surface area contributed by atoms with Crippen molar-refractivity contribution in [2.75, 3.05) is 0 Å². The fourth-order valence-corrected chi connectivity index (χ4v) is 25.1. The van der Waals surface area contributed by atoms with Crippen molar-refractivity contribution >= 4 is 34.2 Å². The van der Waals surface area contributed by atoms with E-state index in [1.165, 1.54) is 13.1 Å². The first-order valence-corrected chi connectivity index (χ1v) is 18.9. The van der Waals surface area contributed by atoms with Crippen LogP contribution >= 0.6 is 0 Å². The second kappa shape index (κ2) is 7.61. The lowest BCUT2D eigenvalue weighted by Gasteiger charge is -2.48. The smallest absolute Gasteiger partial charge is 0.389 e. The second-order valence-corrected chi connectivity index (χ2v) is 22.1. The molecule has 1 fully saturated rings. The van der Waals surface area contributed by atoms with E-state index in [1.807, 2.05) is 0 Å². The molecule has 1 aliphatic rings. The van der Waals surface area contributed by atoms with Gasteiger partial charge in [-0.25, -0.2) is 0 Å². The average molecular weight is 461 g/mol. The van der Waals surface area contributed by atoms with Gasteiger partial charge < -0.3 is 16.5 Å². The molecule has 156 valence electrons. The zero-order valence-electron chi connectivity index (χ0n) is 15.7. The van der Waals surface area contributed by atoms with Gasteiger partial charge in [-0.2, -0.15) is 26.3 Å². The van der Waals surface area contributed by atoms with E-state index in [-0.39, 0.29) is 0 Å². The van der Waals surface area contributed by atoms with Crippen molar-refractivity contribution in [1.82, 2.24) is 0 Å². The fourth-order valence-electron chi connectivity index (χ4n) is 3.11. The van der Waals surface area contributed by atoms with E-state index in [9.17, 15) is 26.3 Å². The van der Waals surface area contributed by atoms with Gasteiger partial charge in [-0.1, -0.05) is 0 Å². The molecule has 0 aromatic heterocycles. The van der Waals surface area contributed by atoms with E-state index in [4.69, 9.17) is 16.5 Å². The molecule has 0 aliphatic carbocycles. The van der Waals surface area contributed by atoms with E-state index >= 15 is 0 Å². The van der Waals surface area contributed by atoms with Gasteiger partial charge in [-0.15, -0.1) is 0 Å². The summed E-state index contributed by atoms with van der Waals surface area (Å²) in [5.74, 6) is 0. The molecule has 0 spiro atoms. The van der Waals surface area contributed by atoms with Crippen molar-refractivity contribution in [3.8, 4) is 0 Å². The van der Waals surface area contributed by atoms with Crippen LogP contribution in [0, 0.1) is 0 Å². The topological polar surface area (TPSA) is 36.9 Å². The molecule has 1 saturated heterocycles. The number of rotatable bonds is 4. The van der Waals surface area contributed by atoms with Crippen LogP contribution in [0.1, 0.15) is 12.8 Å². The molecular weight excluding hydrogens is 434 g/mol. The first kappa shape index (κ1) is 24.3. The molecule has 1 heterocycles. The quantitative estimate of drug-likeness (QED) is 0.409. The van der Waals surface area contributed by atoms with E-state index in [1.54, 1.807) is 26.2 Å². The molecule has 0 N–H and O–H groups in total. The van der Waals surface area contributed by atoms with Gasteiger partial charge in [0.25, 0.3) is 0 Å². The lowest BCUT2D eigenvalue weighted by molar-refractivity contribution is -0.131. The molecule has 0 aromatic rings. The Morgan fingerprint density at radius 1 is 0.538 bits per heavy atom. The Labute approximate surface area is 154 Å². The Balaban J connectivity index is 3.13. The zero-order chi connectivity index (χ0) is 20.7. The van der Waals surface area contributed by atoms with E-state index in [2.05, 4.69) is 0 Å². The van der Waals surface area contributed by atoms with Crippen LogP contribution < -0.4 is 0 Å². The van der Waals surface area contributed by atoms with Crippen LogP contribution in [0.15, 0.2) is 0 Å². The highest BCUT2D eigenvalue weighted by molar-refractivity contribution is 6.93. The van der Waals surface area contributed by atoms with Crippen LogP contribution in [0.2, 0.25) is 51.4 Å². The summed E-state index contributed by atoms with van der Waals surface area (Å²) in [4.78, 5) is 0. The summed E-state index contributed by atoms with van der Waals surface area (Å²) >= 11 is 0. The summed E-state index contributed by atoms with van der Waals surface area (Å²) in [5, 5.41) is 0. The van der Waals surface area contributed by atoms with Crippen molar-refractivity contribution in [3.05, 3.63) is 0 Å². The molecule has 2 atom stereocenters. The predicted molar refractivity (Wildman–Crippen MR) is 93.5 cm³/mol. The van der Waals surface area contributed by atoms with Crippen molar-refractivity contribution in [3.63, 3.8) is 0 Å². The van der Waals surface area contributed by atoms with Gasteiger partial charge in [-0.3, -0.25) is 0 Å². The Hall–Kier alpha value is 0.288. The standard InChI is InChI=1S/C12H26F6O4Si4/c1-23(2)19-24(3,4)21-26(6,10-8-12(16,17)18)22-25(5,20-23)9-7-11(13,14)15/h7-10H2,1-6H3. The third kappa shape index (κ3) is 8.98. The highest BCUT2D eigenvalue weighted by Crippen LogP contribution is 2.38. The minimum Gasteiger partial charge on any atom is -0.416 e. The largest absolute Gasteiger partial charge is 0.416 e. The lowest BCUT2D eigenvalue weighted by atomic mass is 10.5. The van der Waals surface area contributed by atoms with Crippen LogP contribution in [0.3, 0.4) is 0 Å². The molecule has 2 unspecified atom stereocenters. The number of hydrogen-bond donors (Lipinski definition) is 0. The van der Waals surface area contributed by atoms with Gasteiger partial charge >= 0.3 is 46.6 Å². The Kier molecular flexibility index (Phi) is 7.12. The van der Waals surface area contributed by atoms with Gasteiger partial charge in [0.15, 0.2) is 0 Å². The molecule has 0 aromatic carbocycles. The average Bonchev–Trinajstić information content (AvgIpc) is 2.28. The van der Waals surface area contributed by atoms with E-state index < -0.39 is 71.5 Å². The molecule has 0 bridgehead atoms. The molecule has 1 rings (SSSR count). The Bertz CT molecular complexity index is 459. The molecule has 14 heteroatoms. The maximum absolute atomic E-state index is 12.7. The molecule has 1 aliphatic heterocycles. The monoisotopic (exact) mass is 460 g/mol. The molecule has 26 heavy (non-hydrogen) atoms. The first-order chi connectivity index (χ1) is 11.2. The zero-order valence-corrected chi connectivity index (χ0v) is 19.7. The van der Waals surface area contributed by atoms with E-state index in [0.29, 0.717) is 0 Å². The Morgan fingerprint density at radius 2 is 0.846 bits per heavy atom. The predicted octanol–water partition coefficient (Wildman–Crippen LogP) is 5.52. The number of alkyl halides is 6. The summed E-state index contributed by atoms with van der Waals surface area (Å²) in [7, 11) is -12.6. The van der Waals surface area contributed by atoms with Gasteiger partial charge in [-0.05, 0) is 51.4 Å². The van der Waals surface area contributed by atoms with Crippen LogP contribution in [0.25, 0.3) is 0 Å². The summed E-state index contributed by atoms with van der Waals surface area (Å²) in [6.07, 6.45) is -11.1. The minimum absolute atomic E-state index is 0.407. The molecule has 0 amide bonds. The lowest BCUT2D eigenvalue weighted by Crippen LogP contribution is -2.66. The maximum Gasteiger partial charge on any atom is 0.389 e. The van der Waals surface area contributed by atoms with Gasteiger partial charge in [0, 0.05) is 12.8 Å². The number of halogens is 6. The number of hydrogen-bond acceptors (Lipinski definition) is 4. The van der Waals surface area contributed by atoms with Crippen LogP contribution in [-0.2, 0) is 16.5 Å². The maximum atomic E-state index is 12.7. The molecule has 0 saturated carbocycles. The fraction of sp³-hybridized carbons (Fsp3) is 1.00. The van der Waals surface area contributed by atoms with Crippen LogP contribution in [0.5, 0.6) is 0 Å². The molecule has 4 nitrogen and oxygen atoms in total. The van der Waals surface area contributed by atoms with Gasteiger partial charge in [0.1, 0.15) is 0 Å². The van der Waals surface area contributed by atoms with Crippen molar-refractivity contribution < 1.29 is 42.8 Å². The Morgan fingerprint density at radius 3 is 1.12 bits per heavy atom. The molecular formula is C12H26F6O4Si4. The SMILES string of the molecule is C[Si]1(C)O[Si](C)(C)O[Si](C)(CCC(F)(F)F)O[Si](C)(CCC(F)(F)F)O1. The molecule has 0 radical (unpaired) electrons. The third-order valence-corrected chi connectivity index (χ3v) is 20.7. The first-order valence-electron chi connectivity index (χ1n) is 8.18. The highest BCUT2D eigenvalue weighted by Gasteiger charge is 2.55. The van der Waals surface area contributed by atoms with Gasteiger partial charge in [0.05, 0.1) is 0 Å². The van der Waals surface area contributed by atoms with Crippen molar-refractivity contribution in [2.24, 2.45) is 0 Å². The van der Waals surface area contributed by atoms with Crippen LogP contribution in [-0.4, -0.2) is 46.6 Å². The third-order valence-electron chi connectivity index (χ3n) is 3.57. The summed E-state index contributed by atoms with van der Waals surface area (Å²) in [6, 6.07) is -0.813. The summed E-state index contributed by atoms with van der Waals surface area (Å²) in [6.45, 7) is 9.67. The summed E-state index contributed by atoms with van der Waals surface area (Å²) < 4.78 is 100. The second-order valence-electron chi connectivity index (χ2n) is 7.71.